The molecule has 0 saturated carbocycles. The van der Waals surface area contributed by atoms with Crippen LogP contribution in [0.5, 0.6) is 0 Å². The summed E-state index contributed by atoms with van der Waals surface area (Å²) in [6.45, 7) is 3.02. The quantitative estimate of drug-likeness (QED) is 0.429. The van der Waals surface area contributed by atoms with Crippen LogP contribution in [0.3, 0.4) is 0 Å². The van der Waals surface area contributed by atoms with Crippen LogP contribution in [0.25, 0.3) is 0 Å². The van der Waals surface area contributed by atoms with Crippen LogP contribution < -0.4 is 0 Å². The number of carbonyl (C=O) groups excluding carboxylic acids is 5. The Balaban J connectivity index is 3.58. The van der Waals surface area contributed by atoms with Crippen LogP contribution in [-0.2, 0) is 24.0 Å². The average molecular weight is 338 g/mol. The van der Waals surface area contributed by atoms with Gasteiger partial charge in [0.15, 0.2) is 0 Å². The van der Waals surface area contributed by atoms with Crippen molar-refractivity contribution in [1.29, 1.82) is 0 Å². The zero-order valence-corrected chi connectivity index (χ0v) is 15.0. The summed E-state index contributed by atoms with van der Waals surface area (Å²) in [6.07, 6.45) is 5.47. The fourth-order valence-electron chi connectivity index (χ4n) is 2.41. The van der Waals surface area contributed by atoms with Gasteiger partial charge in [0.05, 0.1) is 0 Å². The van der Waals surface area contributed by atoms with E-state index in [1.54, 1.807) is 0 Å². The summed E-state index contributed by atoms with van der Waals surface area (Å²) in [4.78, 5) is 56.4. The van der Waals surface area contributed by atoms with Gasteiger partial charge in [-0.3, -0.25) is 14.4 Å². The van der Waals surface area contributed by atoms with Crippen LogP contribution in [0.15, 0.2) is 0 Å². The van der Waals surface area contributed by atoms with Crippen molar-refractivity contribution in [3.63, 3.8) is 0 Å². The molecule has 0 aromatic carbocycles. The Morgan fingerprint density at radius 1 is 0.417 bits per heavy atom. The molecule has 0 aliphatic heterocycles. The van der Waals surface area contributed by atoms with Gasteiger partial charge in [-0.25, -0.2) is 0 Å². The lowest BCUT2D eigenvalue weighted by Crippen LogP contribution is -2.04. The molecule has 0 aromatic heterocycles. The summed E-state index contributed by atoms with van der Waals surface area (Å²) < 4.78 is 0. The molecule has 0 rings (SSSR count). The van der Waals surface area contributed by atoms with Crippen molar-refractivity contribution < 1.29 is 24.0 Å². The lowest BCUT2D eigenvalue weighted by atomic mass is 10.0. The zero-order chi connectivity index (χ0) is 18.4. The zero-order valence-electron chi connectivity index (χ0n) is 15.0. The Morgan fingerprint density at radius 3 is 0.833 bits per heavy atom. The van der Waals surface area contributed by atoms with Gasteiger partial charge in [0.1, 0.15) is 28.9 Å². The Labute approximate surface area is 144 Å². The maximum atomic E-state index is 11.7. The number of hydrogen-bond donors (Lipinski definition) is 0. The summed E-state index contributed by atoms with van der Waals surface area (Å²) in [5.41, 5.74) is 0. The van der Waals surface area contributed by atoms with Gasteiger partial charge in [-0.1, -0.05) is 0 Å². The first-order valence-corrected chi connectivity index (χ1v) is 8.85. The largest absolute Gasteiger partial charge is 0.300 e. The second-order valence-electron chi connectivity index (χ2n) is 6.43. The highest BCUT2D eigenvalue weighted by molar-refractivity contribution is 5.83. The molecule has 0 unspecified atom stereocenters. The van der Waals surface area contributed by atoms with Crippen LogP contribution in [-0.4, -0.2) is 28.9 Å². The molecule has 0 aliphatic rings. The van der Waals surface area contributed by atoms with Crippen molar-refractivity contribution in [3.8, 4) is 0 Å². The van der Waals surface area contributed by atoms with E-state index >= 15 is 0 Å². The molecule has 0 aliphatic carbocycles. The minimum absolute atomic E-state index is 0.0862. The number of rotatable bonds is 16. The highest BCUT2D eigenvalue weighted by Gasteiger charge is 2.08. The van der Waals surface area contributed by atoms with Crippen LogP contribution >= 0.6 is 0 Å². The molecule has 0 radical (unpaired) electrons. The third-order valence-electron chi connectivity index (χ3n) is 3.79. The Hall–Kier alpha value is -1.65. The lowest BCUT2D eigenvalue weighted by Gasteiger charge is -2.02. The standard InChI is InChI=1S/C19H30O5/c1-15(20)7-3-9-17(22)11-5-13-19(24)14-6-12-18(23)10-4-8-16(2)21/h3-14H2,1-2H3. The van der Waals surface area contributed by atoms with Gasteiger partial charge >= 0.3 is 0 Å². The summed E-state index contributed by atoms with van der Waals surface area (Å²) in [5, 5.41) is 0. The van der Waals surface area contributed by atoms with Gasteiger partial charge in [-0.15, -0.1) is 0 Å². The van der Waals surface area contributed by atoms with E-state index in [2.05, 4.69) is 0 Å². The molecular formula is C19H30O5. The van der Waals surface area contributed by atoms with Gasteiger partial charge in [-0.2, -0.15) is 0 Å². The molecule has 0 aromatic rings. The fourth-order valence-corrected chi connectivity index (χ4v) is 2.41. The predicted octanol–water partition coefficient (Wildman–Crippen LogP) is 3.55. The Kier molecular flexibility index (Phi) is 12.8. The van der Waals surface area contributed by atoms with Crippen molar-refractivity contribution >= 4 is 28.9 Å². The van der Waals surface area contributed by atoms with E-state index in [-0.39, 0.29) is 28.9 Å². The number of Topliss-reactive ketones (excluding diaryl/α,β-unsaturated/α-hetero) is 5. The van der Waals surface area contributed by atoms with E-state index in [1.807, 2.05) is 0 Å². The van der Waals surface area contributed by atoms with E-state index in [0.29, 0.717) is 77.0 Å². The maximum Gasteiger partial charge on any atom is 0.132 e. The smallest absolute Gasteiger partial charge is 0.132 e. The molecule has 0 atom stereocenters. The molecule has 0 N–H and O–H groups in total. The normalized spacial score (nSPS) is 10.4. The van der Waals surface area contributed by atoms with Crippen LogP contribution in [0.1, 0.15) is 90.9 Å². The van der Waals surface area contributed by atoms with E-state index in [4.69, 9.17) is 0 Å². The Morgan fingerprint density at radius 2 is 0.625 bits per heavy atom. The summed E-state index contributed by atoms with van der Waals surface area (Å²) in [6, 6.07) is 0. The first-order valence-electron chi connectivity index (χ1n) is 8.85. The van der Waals surface area contributed by atoms with Crippen molar-refractivity contribution in [1.82, 2.24) is 0 Å². The van der Waals surface area contributed by atoms with E-state index in [9.17, 15) is 24.0 Å². The molecule has 0 amide bonds. The van der Waals surface area contributed by atoms with Gasteiger partial charge in [0.25, 0.3) is 0 Å². The average Bonchev–Trinajstić information content (AvgIpc) is 2.46. The van der Waals surface area contributed by atoms with Gasteiger partial charge in [-0.05, 0) is 39.5 Å². The van der Waals surface area contributed by atoms with Gasteiger partial charge in [0, 0.05) is 51.4 Å². The van der Waals surface area contributed by atoms with Crippen molar-refractivity contribution in [2.45, 2.75) is 90.9 Å². The topological polar surface area (TPSA) is 85.3 Å². The van der Waals surface area contributed by atoms with Gasteiger partial charge < -0.3 is 9.59 Å². The lowest BCUT2D eigenvalue weighted by molar-refractivity contribution is -0.121. The molecule has 0 heterocycles. The first-order chi connectivity index (χ1) is 11.3. The molecule has 0 spiro atoms. The van der Waals surface area contributed by atoms with Crippen molar-refractivity contribution in [2.24, 2.45) is 0 Å². The highest BCUT2D eigenvalue weighted by Crippen LogP contribution is 2.09. The highest BCUT2D eigenvalue weighted by atomic mass is 16.1. The molecule has 0 saturated heterocycles. The van der Waals surface area contributed by atoms with E-state index < -0.39 is 0 Å². The summed E-state index contributed by atoms with van der Waals surface area (Å²) in [5.74, 6) is 0.472. The molecule has 136 valence electrons. The molecule has 0 bridgehead atoms. The molecule has 5 heteroatoms. The number of carbonyl (C=O) groups is 5. The Bertz CT molecular complexity index is 411. The third kappa shape index (κ3) is 15.3. The van der Waals surface area contributed by atoms with E-state index in [1.165, 1.54) is 13.8 Å². The second kappa shape index (κ2) is 13.8. The summed E-state index contributed by atoms with van der Waals surface area (Å²) >= 11 is 0. The monoisotopic (exact) mass is 338 g/mol. The minimum Gasteiger partial charge on any atom is -0.300 e. The predicted molar refractivity (Wildman–Crippen MR) is 91.8 cm³/mol. The van der Waals surface area contributed by atoms with Crippen LogP contribution in [0.2, 0.25) is 0 Å². The molecule has 5 nitrogen and oxygen atoms in total. The minimum atomic E-state index is 0.0862. The number of hydrogen-bond acceptors (Lipinski definition) is 5. The fraction of sp³-hybridized carbons (Fsp3) is 0.737. The van der Waals surface area contributed by atoms with E-state index in [0.717, 1.165) is 0 Å². The molecular weight excluding hydrogens is 308 g/mol. The van der Waals surface area contributed by atoms with Gasteiger partial charge in [0.2, 0.25) is 0 Å². The van der Waals surface area contributed by atoms with Crippen molar-refractivity contribution in [3.05, 3.63) is 0 Å². The number of ketones is 5. The third-order valence-corrected chi connectivity index (χ3v) is 3.79. The van der Waals surface area contributed by atoms with Crippen LogP contribution in [0.4, 0.5) is 0 Å². The molecule has 24 heavy (non-hydrogen) atoms. The summed E-state index contributed by atoms with van der Waals surface area (Å²) in [7, 11) is 0. The van der Waals surface area contributed by atoms with Crippen molar-refractivity contribution in [2.75, 3.05) is 0 Å². The molecule has 0 fully saturated rings. The second-order valence-corrected chi connectivity index (χ2v) is 6.43. The SMILES string of the molecule is CC(=O)CCCC(=O)CCCC(=O)CCCC(=O)CCCC(C)=O. The maximum absolute atomic E-state index is 11.7. The van der Waals surface area contributed by atoms with Crippen LogP contribution in [0, 0.1) is 0 Å². The first kappa shape index (κ1) is 22.4.